The molecule has 0 saturated carbocycles. The fourth-order valence-corrected chi connectivity index (χ4v) is 2.42. The van der Waals surface area contributed by atoms with Crippen LogP contribution in [0.5, 0.6) is 5.75 Å². The average molecular weight is 370 g/mol. The van der Waals surface area contributed by atoms with E-state index in [0.29, 0.717) is 11.3 Å². The minimum absolute atomic E-state index is 0.139. The highest BCUT2D eigenvalue weighted by Crippen LogP contribution is 2.23. The number of amides is 4. The van der Waals surface area contributed by atoms with Gasteiger partial charge in [0.15, 0.2) is 6.61 Å². The molecule has 1 aromatic carbocycles. The lowest BCUT2D eigenvalue weighted by molar-refractivity contribution is -0.139. The van der Waals surface area contributed by atoms with Crippen molar-refractivity contribution in [2.45, 2.75) is 6.54 Å². The molecule has 2 aromatic rings. The normalized spacial score (nSPS) is 15.8. The van der Waals surface area contributed by atoms with Gasteiger partial charge in [0.2, 0.25) is 0 Å². The van der Waals surface area contributed by atoms with E-state index in [-0.39, 0.29) is 17.9 Å². The number of nitrogens with zero attached hydrogens (tertiary/aromatic N) is 1. The Kier molecular flexibility index (Phi) is 5.02. The predicted molar refractivity (Wildman–Crippen MR) is 90.3 cm³/mol. The van der Waals surface area contributed by atoms with Gasteiger partial charge in [0.05, 0.1) is 12.8 Å². The minimum atomic E-state index is -1.17. The fraction of sp³-hybridized carbons (Fsp3) is 0.111. The number of rotatable bonds is 6. The molecule has 0 aliphatic carbocycles. The van der Waals surface area contributed by atoms with Crippen LogP contribution in [0.1, 0.15) is 11.3 Å². The van der Waals surface area contributed by atoms with Gasteiger partial charge in [-0.3, -0.25) is 19.8 Å². The Hall–Kier alpha value is -3.88. The predicted octanol–water partition coefficient (Wildman–Crippen LogP) is 1.41. The second kappa shape index (κ2) is 7.56. The minimum Gasteiger partial charge on any atom is -0.481 e. The molecule has 4 amide bonds. The van der Waals surface area contributed by atoms with Crippen molar-refractivity contribution >= 4 is 29.9 Å². The van der Waals surface area contributed by atoms with Crippen molar-refractivity contribution in [3.8, 4) is 5.75 Å². The lowest BCUT2D eigenvalue weighted by Crippen LogP contribution is -2.53. The third-order valence-corrected chi connectivity index (χ3v) is 3.65. The number of benzene rings is 1. The zero-order chi connectivity index (χ0) is 19.4. The average Bonchev–Trinajstić information content (AvgIpc) is 3.14. The van der Waals surface area contributed by atoms with Crippen LogP contribution in [-0.2, 0) is 20.9 Å². The number of furan rings is 1. The smallest absolute Gasteiger partial charge is 0.341 e. The van der Waals surface area contributed by atoms with E-state index in [1.54, 1.807) is 30.3 Å². The van der Waals surface area contributed by atoms with Crippen LogP contribution < -0.4 is 10.1 Å². The van der Waals surface area contributed by atoms with E-state index in [9.17, 15) is 19.2 Å². The van der Waals surface area contributed by atoms with Crippen LogP contribution in [-0.4, -0.2) is 40.4 Å². The van der Waals surface area contributed by atoms with Gasteiger partial charge < -0.3 is 14.3 Å². The molecular weight excluding hydrogens is 356 g/mol. The van der Waals surface area contributed by atoms with Gasteiger partial charge in [-0.2, -0.15) is 0 Å². The second-order valence-corrected chi connectivity index (χ2v) is 5.51. The molecule has 1 saturated heterocycles. The molecule has 1 aliphatic heterocycles. The molecule has 3 rings (SSSR count). The fourth-order valence-electron chi connectivity index (χ4n) is 2.42. The van der Waals surface area contributed by atoms with Crippen LogP contribution in [0, 0.1) is 0 Å². The van der Waals surface area contributed by atoms with Crippen LogP contribution in [0.15, 0.2) is 52.7 Å². The first-order valence-corrected chi connectivity index (χ1v) is 7.80. The summed E-state index contributed by atoms with van der Waals surface area (Å²) in [5, 5.41) is 10.8. The Morgan fingerprint density at radius 3 is 2.67 bits per heavy atom. The number of aliphatic carboxylic acids is 1. The molecule has 1 fully saturated rings. The molecule has 138 valence electrons. The van der Waals surface area contributed by atoms with Crippen molar-refractivity contribution in [1.29, 1.82) is 0 Å². The third kappa shape index (κ3) is 4.03. The van der Waals surface area contributed by atoms with Crippen LogP contribution in [0.2, 0.25) is 0 Å². The first-order valence-electron chi connectivity index (χ1n) is 7.80. The van der Waals surface area contributed by atoms with Gasteiger partial charge in [0.1, 0.15) is 17.1 Å². The van der Waals surface area contributed by atoms with Crippen molar-refractivity contribution in [2.24, 2.45) is 0 Å². The molecule has 0 unspecified atom stereocenters. The van der Waals surface area contributed by atoms with E-state index < -0.39 is 30.4 Å². The first-order chi connectivity index (χ1) is 13.0. The molecule has 0 radical (unpaired) electrons. The van der Waals surface area contributed by atoms with E-state index in [2.05, 4.69) is 5.32 Å². The van der Waals surface area contributed by atoms with Crippen molar-refractivity contribution in [1.82, 2.24) is 10.2 Å². The number of imide groups is 2. The highest BCUT2D eigenvalue weighted by atomic mass is 16.5. The second-order valence-electron chi connectivity index (χ2n) is 5.51. The first kappa shape index (κ1) is 17.9. The summed E-state index contributed by atoms with van der Waals surface area (Å²) in [6.07, 6.45) is 2.65. The third-order valence-electron chi connectivity index (χ3n) is 3.65. The molecule has 9 heteroatoms. The summed E-state index contributed by atoms with van der Waals surface area (Å²) < 4.78 is 10.3. The maximum atomic E-state index is 12.7. The molecule has 0 atom stereocenters. The van der Waals surface area contributed by atoms with Crippen LogP contribution in [0.3, 0.4) is 0 Å². The molecule has 1 aromatic heterocycles. The van der Waals surface area contributed by atoms with Gasteiger partial charge >= 0.3 is 12.0 Å². The summed E-state index contributed by atoms with van der Waals surface area (Å²) in [4.78, 5) is 48.3. The van der Waals surface area contributed by atoms with E-state index in [0.717, 1.165) is 4.90 Å². The van der Waals surface area contributed by atoms with Crippen molar-refractivity contribution in [2.75, 3.05) is 6.61 Å². The summed E-state index contributed by atoms with van der Waals surface area (Å²) in [6.45, 7) is -0.719. The molecule has 27 heavy (non-hydrogen) atoms. The summed E-state index contributed by atoms with van der Waals surface area (Å²) in [6, 6.07) is 8.67. The number of ether oxygens (including phenoxy) is 1. The van der Waals surface area contributed by atoms with Gasteiger partial charge in [-0.1, -0.05) is 18.2 Å². The highest BCUT2D eigenvalue weighted by molar-refractivity contribution is 6.31. The number of para-hydroxylation sites is 1. The van der Waals surface area contributed by atoms with Crippen molar-refractivity contribution in [3.05, 3.63) is 59.6 Å². The van der Waals surface area contributed by atoms with Crippen LogP contribution in [0.4, 0.5) is 4.79 Å². The summed E-state index contributed by atoms with van der Waals surface area (Å²) in [5.41, 5.74) is 0.0390. The van der Waals surface area contributed by atoms with E-state index in [1.807, 2.05) is 0 Å². The molecule has 1 aliphatic rings. The lowest BCUT2D eigenvalue weighted by atomic mass is 10.1. The number of barbiturate groups is 1. The number of hydrogen-bond donors (Lipinski definition) is 2. The quantitative estimate of drug-likeness (QED) is 0.581. The Bertz CT molecular complexity index is 931. The topological polar surface area (TPSA) is 126 Å². The van der Waals surface area contributed by atoms with Crippen LogP contribution in [0.25, 0.3) is 6.08 Å². The number of carboxylic acids is 1. The van der Waals surface area contributed by atoms with E-state index in [1.165, 1.54) is 18.4 Å². The molecule has 2 heterocycles. The van der Waals surface area contributed by atoms with Crippen molar-refractivity contribution in [3.63, 3.8) is 0 Å². The van der Waals surface area contributed by atoms with Crippen LogP contribution >= 0.6 is 0 Å². The number of nitrogens with one attached hydrogen (secondary N) is 1. The number of carboxylic acid groups (broad SMARTS) is 1. The standard InChI is InChI=1S/C18H14N2O7/c21-15(22)10-27-14-6-2-1-4-11(14)8-13-16(23)19-18(25)20(17(13)24)9-12-5-3-7-26-12/h1-8H,9-10H2,(H,21,22)(H,19,23,25)/b13-8+. The number of carbonyl (C=O) groups is 4. The zero-order valence-electron chi connectivity index (χ0n) is 13.9. The van der Waals surface area contributed by atoms with E-state index in [4.69, 9.17) is 14.3 Å². The lowest BCUT2D eigenvalue weighted by Gasteiger charge is -2.25. The van der Waals surface area contributed by atoms with Crippen molar-refractivity contribution < 1.29 is 33.4 Å². The molecule has 0 bridgehead atoms. The summed E-state index contributed by atoms with van der Waals surface area (Å²) >= 11 is 0. The monoisotopic (exact) mass is 370 g/mol. The number of hydrogen-bond acceptors (Lipinski definition) is 6. The molecular formula is C18H14N2O7. The van der Waals surface area contributed by atoms with E-state index >= 15 is 0 Å². The largest absolute Gasteiger partial charge is 0.481 e. The number of urea groups is 1. The Balaban J connectivity index is 1.90. The maximum Gasteiger partial charge on any atom is 0.341 e. The SMILES string of the molecule is O=C(O)COc1ccccc1/C=C1\C(=O)NC(=O)N(Cc2ccco2)C1=O. The Morgan fingerprint density at radius 1 is 1.19 bits per heavy atom. The number of carbonyl (C=O) groups excluding carboxylic acids is 3. The summed E-state index contributed by atoms with van der Waals surface area (Å²) in [5.74, 6) is -2.26. The maximum absolute atomic E-state index is 12.7. The molecule has 9 nitrogen and oxygen atoms in total. The van der Waals surface area contributed by atoms with Gasteiger partial charge in [0, 0.05) is 5.56 Å². The summed E-state index contributed by atoms with van der Waals surface area (Å²) in [7, 11) is 0. The van der Waals surface area contributed by atoms with Gasteiger partial charge in [-0.15, -0.1) is 0 Å². The van der Waals surface area contributed by atoms with Gasteiger partial charge in [-0.25, -0.2) is 9.59 Å². The van der Waals surface area contributed by atoms with Gasteiger partial charge in [0.25, 0.3) is 11.8 Å². The highest BCUT2D eigenvalue weighted by Gasteiger charge is 2.36. The Labute approximate surface area is 152 Å². The zero-order valence-corrected chi connectivity index (χ0v) is 13.9. The van der Waals surface area contributed by atoms with Gasteiger partial charge in [-0.05, 0) is 24.3 Å². The Morgan fingerprint density at radius 2 is 1.96 bits per heavy atom. The molecule has 2 N–H and O–H groups in total. The molecule has 0 spiro atoms.